The minimum absolute atomic E-state index is 0.0828. The molecule has 0 amide bonds. The van der Waals surface area contributed by atoms with E-state index in [9.17, 15) is 30.3 Å². The van der Waals surface area contributed by atoms with E-state index in [0.29, 0.717) is 6.42 Å². The molecule has 0 aliphatic carbocycles. The fourth-order valence-electron chi connectivity index (χ4n) is 3.26. The number of unbranched alkanes of at least 4 members (excludes halogenated alkanes) is 12. The Hall–Kier alpha value is -0.770. The quantitative estimate of drug-likeness (QED) is 0.0961. The second kappa shape index (κ2) is 19.0. The second-order valence-corrected chi connectivity index (χ2v) is 8.09. The molecule has 8 nitrogen and oxygen atoms in total. The molecule has 0 heterocycles. The molecule has 8 heteroatoms. The topological polar surface area (TPSA) is 148 Å². The number of hydrogen-bond donors (Lipinski definition) is 6. The summed E-state index contributed by atoms with van der Waals surface area (Å²) in [6.45, 7) is 1.39. The van der Waals surface area contributed by atoms with Crippen LogP contribution in [0.3, 0.4) is 0 Å². The predicted octanol–water partition coefficient (Wildman–Crippen LogP) is 1.77. The number of rotatable bonds is 20. The lowest BCUT2D eigenvalue weighted by Crippen LogP contribution is -2.50. The lowest BCUT2D eigenvalue weighted by molar-refractivity contribution is -0.213. The summed E-state index contributed by atoms with van der Waals surface area (Å²) >= 11 is 0. The maximum atomic E-state index is 11.7. The molecule has 180 valence electrons. The molecule has 0 rings (SSSR count). The first kappa shape index (κ1) is 29.2. The first-order chi connectivity index (χ1) is 14.3. The third kappa shape index (κ3) is 14.3. The Labute approximate surface area is 180 Å². The SMILES string of the molecule is CCCCCCCCCCCCCCCC(=O)OC(O)[C@H](O)[C@@H](O)[C@H](O)[C@H](O)CO. The van der Waals surface area contributed by atoms with Gasteiger partial charge < -0.3 is 35.4 Å². The molecule has 0 radical (unpaired) electrons. The largest absolute Gasteiger partial charge is 0.433 e. The fourth-order valence-corrected chi connectivity index (χ4v) is 3.26. The first-order valence-electron chi connectivity index (χ1n) is 11.6. The van der Waals surface area contributed by atoms with Gasteiger partial charge in [0, 0.05) is 6.42 Å². The second-order valence-electron chi connectivity index (χ2n) is 8.09. The molecule has 0 saturated carbocycles. The van der Waals surface area contributed by atoms with E-state index in [-0.39, 0.29) is 6.42 Å². The van der Waals surface area contributed by atoms with Gasteiger partial charge in [-0.15, -0.1) is 0 Å². The van der Waals surface area contributed by atoms with Gasteiger partial charge in [0.1, 0.15) is 24.4 Å². The van der Waals surface area contributed by atoms with Crippen molar-refractivity contribution in [2.24, 2.45) is 0 Å². The molecule has 0 aliphatic heterocycles. The summed E-state index contributed by atoms with van der Waals surface area (Å²) in [5.41, 5.74) is 0. The van der Waals surface area contributed by atoms with Gasteiger partial charge in [0.2, 0.25) is 6.29 Å². The highest BCUT2D eigenvalue weighted by Crippen LogP contribution is 2.14. The summed E-state index contributed by atoms with van der Waals surface area (Å²) < 4.78 is 4.66. The van der Waals surface area contributed by atoms with Gasteiger partial charge in [0.15, 0.2) is 0 Å². The van der Waals surface area contributed by atoms with Gasteiger partial charge in [-0.2, -0.15) is 0 Å². The Morgan fingerprint density at radius 1 is 0.667 bits per heavy atom. The Morgan fingerprint density at radius 3 is 1.53 bits per heavy atom. The van der Waals surface area contributed by atoms with E-state index >= 15 is 0 Å². The van der Waals surface area contributed by atoms with E-state index in [4.69, 9.17) is 5.11 Å². The third-order valence-corrected chi connectivity index (χ3v) is 5.31. The molecule has 0 aromatic heterocycles. The summed E-state index contributed by atoms with van der Waals surface area (Å²) in [6, 6.07) is 0. The van der Waals surface area contributed by atoms with Crippen molar-refractivity contribution in [3.8, 4) is 0 Å². The van der Waals surface area contributed by atoms with Gasteiger partial charge >= 0.3 is 5.97 Å². The number of esters is 1. The standard InChI is InChI=1S/C22H44O8/c1-2-3-4-5-6-7-8-9-10-11-12-13-14-15-18(25)30-22(29)21(28)20(27)19(26)17(24)16-23/h17,19-24,26-29H,2-16H2,1H3/t17-,19-,20+,21-,22?/m1/s1. The zero-order valence-corrected chi connectivity index (χ0v) is 18.5. The van der Waals surface area contributed by atoms with Crippen LogP contribution in [0.5, 0.6) is 0 Å². The Balaban J connectivity index is 3.69. The number of aliphatic hydroxyl groups excluding tert-OH is 6. The maximum absolute atomic E-state index is 11.7. The summed E-state index contributed by atoms with van der Waals surface area (Å²) in [4.78, 5) is 11.7. The smallest absolute Gasteiger partial charge is 0.308 e. The monoisotopic (exact) mass is 436 g/mol. The van der Waals surface area contributed by atoms with Crippen molar-refractivity contribution in [3.05, 3.63) is 0 Å². The lowest BCUT2D eigenvalue weighted by atomic mass is 10.0. The number of hydrogen-bond acceptors (Lipinski definition) is 8. The van der Waals surface area contributed by atoms with Crippen molar-refractivity contribution in [2.75, 3.05) is 6.61 Å². The molecular formula is C22H44O8. The summed E-state index contributed by atoms with van der Waals surface area (Å²) in [6.07, 6.45) is 5.82. The number of ether oxygens (including phenoxy) is 1. The maximum Gasteiger partial charge on any atom is 0.308 e. The van der Waals surface area contributed by atoms with Crippen LogP contribution in [0.15, 0.2) is 0 Å². The Bertz CT molecular complexity index is 407. The highest BCUT2D eigenvalue weighted by molar-refractivity contribution is 5.69. The average Bonchev–Trinajstić information content (AvgIpc) is 2.74. The molecule has 0 aromatic rings. The molecule has 0 aromatic carbocycles. The van der Waals surface area contributed by atoms with Crippen molar-refractivity contribution in [3.63, 3.8) is 0 Å². The molecule has 0 aliphatic rings. The summed E-state index contributed by atoms with van der Waals surface area (Å²) in [5.74, 6) is -0.714. The van der Waals surface area contributed by atoms with Gasteiger partial charge in [-0.1, -0.05) is 84.0 Å². The molecular weight excluding hydrogens is 392 g/mol. The molecule has 1 unspecified atom stereocenters. The predicted molar refractivity (Wildman–Crippen MR) is 114 cm³/mol. The average molecular weight is 437 g/mol. The van der Waals surface area contributed by atoms with Crippen LogP contribution < -0.4 is 0 Å². The lowest BCUT2D eigenvalue weighted by Gasteiger charge is -2.28. The highest BCUT2D eigenvalue weighted by atomic mass is 16.6. The van der Waals surface area contributed by atoms with Crippen LogP contribution in [0.2, 0.25) is 0 Å². The van der Waals surface area contributed by atoms with Gasteiger partial charge in [0.25, 0.3) is 0 Å². The van der Waals surface area contributed by atoms with Crippen molar-refractivity contribution in [1.29, 1.82) is 0 Å². The van der Waals surface area contributed by atoms with E-state index in [0.717, 1.165) is 19.3 Å². The van der Waals surface area contributed by atoms with Gasteiger partial charge in [-0.3, -0.25) is 4.79 Å². The van der Waals surface area contributed by atoms with E-state index in [1.54, 1.807) is 0 Å². The Morgan fingerprint density at radius 2 is 1.10 bits per heavy atom. The van der Waals surface area contributed by atoms with Crippen molar-refractivity contribution in [2.45, 2.75) is 128 Å². The van der Waals surface area contributed by atoms with Crippen molar-refractivity contribution < 1.29 is 40.2 Å². The molecule has 0 spiro atoms. The first-order valence-corrected chi connectivity index (χ1v) is 11.6. The Kier molecular flexibility index (Phi) is 18.5. The summed E-state index contributed by atoms with van der Waals surface area (Å²) in [7, 11) is 0. The van der Waals surface area contributed by atoms with E-state index in [2.05, 4.69) is 11.7 Å². The molecule has 5 atom stereocenters. The molecule has 0 fully saturated rings. The van der Waals surface area contributed by atoms with Crippen LogP contribution in [-0.4, -0.2) is 73.9 Å². The van der Waals surface area contributed by atoms with Crippen molar-refractivity contribution in [1.82, 2.24) is 0 Å². The van der Waals surface area contributed by atoms with Crippen LogP contribution in [0.25, 0.3) is 0 Å². The van der Waals surface area contributed by atoms with Gasteiger partial charge in [-0.25, -0.2) is 0 Å². The van der Waals surface area contributed by atoms with Gasteiger partial charge in [-0.05, 0) is 6.42 Å². The van der Waals surface area contributed by atoms with Crippen LogP contribution in [-0.2, 0) is 9.53 Å². The van der Waals surface area contributed by atoms with Crippen molar-refractivity contribution >= 4 is 5.97 Å². The summed E-state index contributed by atoms with van der Waals surface area (Å²) in [5, 5.41) is 56.5. The van der Waals surface area contributed by atoms with Crippen LogP contribution in [0.1, 0.15) is 96.8 Å². The fraction of sp³-hybridized carbons (Fsp3) is 0.955. The number of aliphatic hydroxyl groups is 6. The van der Waals surface area contributed by atoms with E-state index in [1.165, 1.54) is 57.8 Å². The van der Waals surface area contributed by atoms with Crippen LogP contribution >= 0.6 is 0 Å². The molecule has 0 bridgehead atoms. The number of carbonyl (C=O) groups excluding carboxylic acids is 1. The van der Waals surface area contributed by atoms with E-state index in [1.807, 2.05) is 0 Å². The number of carbonyl (C=O) groups is 1. The highest BCUT2D eigenvalue weighted by Gasteiger charge is 2.35. The van der Waals surface area contributed by atoms with E-state index < -0.39 is 43.3 Å². The molecule has 0 saturated heterocycles. The minimum Gasteiger partial charge on any atom is -0.433 e. The minimum atomic E-state index is -2.03. The molecule has 6 N–H and O–H groups in total. The third-order valence-electron chi connectivity index (χ3n) is 5.31. The normalized spacial score (nSPS) is 16.6. The van der Waals surface area contributed by atoms with Crippen LogP contribution in [0.4, 0.5) is 0 Å². The van der Waals surface area contributed by atoms with Gasteiger partial charge in [0.05, 0.1) is 6.61 Å². The van der Waals surface area contributed by atoms with Crippen LogP contribution in [0, 0.1) is 0 Å². The molecule has 30 heavy (non-hydrogen) atoms. The zero-order valence-electron chi connectivity index (χ0n) is 18.5. The zero-order chi connectivity index (χ0) is 22.8.